The number of rotatable bonds is 5. The molecule has 0 atom stereocenters. The van der Waals surface area contributed by atoms with Crippen molar-refractivity contribution in [1.29, 1.82) is 0 Å². The summed E-state index contributed by atoms with van der Waals surface area (Å²) in [7, 11) is 0. The molecule has 0 saturated heterocycles. The molecule has 1 aromatic carbocycles. The van der Waals surface area contributed by atoms with Crippen molar-refractivity contribution < 1.29 is 9.84 Å². The van der Waals surface area contributed by atoms with Gasteiger partial charge in [-0.15, -0.1) is 0 Å². The fraction of sp³-hybridized carbons (Fsp3) is 0.571. The fourth-order valence-electron chi connectivity index (χ4n) is 2.41. The van der Waals surface area contributed by atoms with Gasteiger partial charge < -0.3 is 15.2 Å². The van der Waals surface area contributed by atoms with Crippen LogP contribution in [0.1, 0.15) is 24.0 Å². The maximum atomic E-state index is 9.20. The molecular formula is C14H19NO2. The summed E-state index contributed by atoms with van der Waals surface area (Å²) >= 11 is 0. The van der Waals surface area contributed by atoms with Crippen molar-refractivity contribution in [2.24, 2.45) is 0 Å². The maximum Gasteiger partial charge on any atom is 0.122 e. The first-order chi connectivity index (χ1) is 8.31. The molecule has 0 radical (unpaired) electrons. The molecule has 3 rings (SSSR count). The lowest BCUT2D eigenvalue weighted by molar-refractivity contribution is 0.231. The average Bonchev–Trinajstić information content (AvgIpc) is 2.98. The summed E-state index contributed by atoms with van der Waals surface area (Å²) < 4.78 is 5.49. The molecule has 92 valence electrons. The third-order valence-corrected chi connectivity index (χ3v) is 3.82. The van der Waals surface area contributed by atoms with E-state index in [-0.39, 0.29) is 12.1 Å². The Balaban J connectivity index is 1.55. The summed E-state index contributed by atoms with van der Waals surface area (Å²) in [4.78, 5) is 0. The topological polar surface area (TPSA) is 41.5 Å². The molecule has 17 heavy (non-hydrogen) atoms. The Morgan fingerprint density at radius 2 is 2.24 bits per heavy atom. The van der Waals surface area contributed by atoms with E-state index in [4.69, 9.17) is 4.74 Å². The zero-order valence-electron chi connectivity index (χ0n) is 10.0. The fourth-order valence-corrected chi connectivity index (χ4v) is 2.41. The van der Waals surface area contributed by atoms with Crippen molar-refractivity contribution in [1.82, 2.24) is 5.32 Å². The van der Waals surface area contributed by atoms with Crippen LogP contribution >= 0.6 is 0 Å². The first-order valence-electron chi connectivity index (χ1n) is 6.42. The Labute approximate surface area is 102 Å². The number of hydrogen-bond donors (Lipinski definition) is 2. The van der Waals surface area contributed by atoms with Gasteiger partial charge in [-0.25, -0.2) is 0 Å². The minimum absolute atomic E-state index is 0.0554. The second-order valence-electron chi connectivity index (χ2n) is 5.16. The van der Waals surface area contributed by atoms with E-state index >= 15 is 0 Å². The predicted octanol–water partition coefficient (Wildman–Crippen LogP) is 1.28. The van der Waals surface area contributed by atoms with Gasteiger partial charge in [0.2, 0.25) is 0 Å². The highest BCUT2D eigenvalue weighted by atomic mass is 16.5. The van der Waals surface area contributed by atoms with Gasteiger partial charge in [-0.1, -0.05) is 12.1 Å². The van der Waals surface area contributed by atoms with Crippen LogP contribution in [0, 0.1) is 0 Å². The number of aliphatic hydroxyl groups excluding tert-OH is 1. The second-order valence-corrected chi connectivity index (χ2v) is 5.16. The molecule has 2 N–H and O–H groups in total. The minimum atomic E-state index is 0.0554. The summed E-state index contributed by atoms with van der Waals surface area (Å²) in [5.41, 5.74) is 2.75. The third-order valence-electron chi connectivity index (χ3n) is 3.82. The molecular weight excluding hydrogens is 214 g/mol. The predicted molar refractivity (Wildman–Crippen MR) is 66.4 cm³/mol. The second kappa shape index (κ2) is 4.31. The molecule has 1 heterocycles. The molecule has 1 aromatic rings. The molecule has 3 heteroatoms. The van der Waals surface area contributed by atoms with Crippen LogP contribution in [0.25, 0.3) is 0 Å². The van der Waals surface area contributed by atoms with Gasteiger partial charge >= 0.3 is 0 Å². The van der Waals surface area contributed by atoms with E-state index in [0.717, 1.165) is 44.6 Å². The molecule has 1 aliphatic carbocycles. The molecule has 1 fully saturated rings. The Morgan fingerprint density at radius 1 is 1.35 bits per heavy atom. The highest BCUT2D eigenvalue weighted by Gasteiger charge is 2.41. The van der Waals surface area contributed by atoms with E-state index in [1.165, 1.54) is 11.1 Å². The smallest absolute Gasteiger partial charge is 0.122 e. The van der Waals surface area contributed by atoms with Gasteiger partial charge in [-0.2, -0.15) is 0 Å². The van der Waals surface area contributed by atoms with Crippen LogP contribution in [-0.2, 0) is 12.8 Å². The molecule has 0 unspecified atom stereocenters. The van der Waals surface area contributed by atoms with Crippen molar-refractivity contribution in [3.63, 3.8) is 0 Å². The maximum absolute atomic E-state index is 9.20. The molecule has 2 aliphatic rings. The molecule has 3 nitrogen and oxygen atoms in total. The monoisotopic (exact) mass is 233 g/mol. The molecule has 1 aliphatic heterocycles. The zero-order chi connectivity index (χ0) is 11.7. The number of benzene rings is 1. The first-order valence-corrected chi connectivity index (χ1v) is 6.42. The van der Waals surface area contributed by atoms with Crippen LogP contribution in [0.3, 0.4) is 0 Å². The number of ether oxygens (including phenoxy) is 1. The van der Waals surface area contributed by atoms with Crippen molar-refractivity contribution in [3.05, 3.63) is 29.3 Å². The van der Waals surface area contributed by atoms with Gasteiger partial charge in [0.25, 0.3) is 0 Å². The van der Waals surface area contributed by atoms with Gasteiger partial charge in [-0.3, -0.25) is 0 Å². The number of hydrogen-bond acceptors (Lipinski definition) is 3. The molecule has 1 saturated carbocycles. The minimum Gasteiger partial charge on any atom is -0.493 e. The van der Waals surface area contributed by atoms with Crippen LogP contribution in [-0.4, -0.2) is 30.4 Å². The number of nitrogens with one attached hydrogen (secondary N) is 1. The SMILES string of the molecule is OCC1(NCCc2ccc3c(c2)CCO3)CC1. The Kier molecular flexibility index (Phi) is 2.81. The molecule has 0 bridgehead atoms. The van der Waals surface area contributed by atoms with Gasteiger partial charge in [0.15, 0.2) is 0 Å². The lowest BCUT2D eigenvalue weighted by atomic mass is 10.1. The van der Waals surface area contributed by atoms with E-state index in [1.54, 1.807) is 0 Å². The standard InChI is InChI=1S/C14H19NO2/c16-10-14(5-6-14)15-7-3-11-1-2-13-12(9-11)4-8-17-13/h1-2,9,15-16H,3-8,10H2. The molecule has 0 spiro atoms. The highest BCUT2D eigenvalue weighted by Crippen LogP contribution is 2.34. The van der Waals surface area contributed by atoms with Crippen molar-refractivity contribution in [2.45, 2.75) is 31.2 Å². The van der Waals surface area contributed by atoms with Crippen LogP contribution < -0.4 is 10.1 Å². The number of aliphatic hydroxyl groups is 1. The average molecular weight is 233 g/mol. The van der Waals surface area contributed by atoms with Crippen molar-refractivity contribution in [2.75, 3.05) is 19.8 Å². The van der Waals surface area contributed by atoms with E-state index in [9.17, 15) is 5.11 Å². The summed E-state index contributed by atoms with van der Waals surface area (Å²) in [6, 6.07) is 6.48. The Bertz CT molecular complexity index is 413. The Hall–Kier alpha value is -1.06. The molecule has 0 aromatic heterocycles. The quantitative estimate of drug-likeness (QED) is 0.805. The van der Waals surface area contributed by atoms with Gasteiger partial charge in [0.1, 0.15) is 5.75 Å². The van der Waals surface area contributed by atoms with Crippen molar-refractivity contribution >= 4 is 0 Å². The highest BCUT2D eigenvalue weighted by molar-refractivity contribution is 5.39. The van der Waals surface area contributed by atoms with Crippen LogP contribution in [0.4, 0.5) is 0 Å². The van der Waals surface area contributed by atoms with Gasteiger partial charge in [0.05, 0.1) is 13.2 Å². The van der Waals surface area contributed by atoms with Crippen LogP contribution in [0.2, 0.25) is 0 Å². The molecule has 0 amide bonds. The number of fused-ring (bicyclic) bond motifs is 1. The lowest BCUT2D eigenvalue weighted by Crippen LogP contribution is -2.36. The Morgan fingerprint density at radius 3 is 3.00 bits per heavy atom. The summed E-state index contributed by atoms with van der Waals surface area (Å²) in [6.45, 7) is 2.04. The van der Waals surface area contributed by atoms with Crippen molar-refractivity contribution in [3.8, 4) is 5.75 Å². The van der Waals surface area contributed by atoms with Crippen LogP contribution in [0.5, 0.6) is 5.75 Å². The summed E-state index contributed by atoms with van der Waals surface area (Å²) in [6.07, 6.45) is 4.29. The van der Waals surface area contributed by atoms with E-state index in [1.807, 2.05) is 0 Å². The zero-order valence-corrected chi connectivity index (χ0v) is 10.0. The van der Waals surface area contributed by atoms with E-state index in [2.05, 4.69) is 23.5 Å². The van der Waals surface area contributed by atoms with Crippen LogP contribution in [0.15, 0.2) is 18.2 Å². The normalized spacial score (nSPS) is 19.8. The lowest BCUT2D eigenvalue weighted by Gasteiger charge is -2.14. The largest absolute Gasteiger partial charge is 0.493 e. The third kappa shape index (κ3) is 2.31. The summed E-state index contributed by atoms with van der Waals surface area (Å²) in [5.74, 6) is 1.05. The van der Waals surface area contributed by atoms with Gasteiger partial charge in [-0.05, 0) is 43.0 Å². The van der Waals surface area contributed by atoms with E-state index < -0.39 is 0 Å². The van der Waals surface area contributed by atoms with E-state index in [0.29, 0.717) is 0 Å². The first kappa shape index (κ1) is 11.1. The summed E-state index contributed by atoms with van der Waals surface area (Å²) in [5, 5.41) is 12.7. The van der Waals surface area contributed by atoms with Gasteiger partial charge in [0, 0.05) is 12.0 Å².